The third kappa shape index (κ3) is 6.66. The second kappa shape index (κ2) is 8.18. The third-order valence-electron chi connectivity index (χ3n) is 3.49. The molecule has 0 spiro atoms. The molecule has 1 unspecified atom stereocenters. The molecule has 0 saturated carbocycles. The number of amides is 1. The van der Waals surface area contributed by atoms with Gasteiger partial charge in [0.25, 0.3) is 5.92 Å². The van der Waals surface area contributed by atoms with Crippen LogP contribution in [0.5, 0.6) is 5.75 Å². The summed E-state index contributed by atoms with van der Waals surface area (Å²) < 4.78 is 67.8. The second-order valence-corrected chi connectivity index (χ2v) is 5.73. The summed E-state index contributed by atoms with van der Waals surface area (Å²) in [5, 5.41) is 4.85. The van der Waals surface area contributed by atoms with E-state index in [0.717, 1.165) is 0 Å². The minimum atomic E-state index is -4.48. The lowest BCUT2D eigenvalue weighted by atomic mass is 10.1. The van der Waals surface area contributed by atoms with E-state index in [-0.39, 0.29) is 24.7 Å². The first-order chi connectivity index (χ1) is 11.1. The lowest BCUT2D eigenvalue weighted by Gasteiger charge is -2.16. The minimum Gasteiger partial charge on any atom is -0.484 e. The molecule has 1 amide bonds. The molecule has 2 rings (SSSR count). The molecule has 1 aromatic rings. The zero-order chi connectivity index (χ0) is 18.0. The van der Waals surface area contributed by atoms with Gasteiger partial charge in [0.2, 0.25) is 5.91 Å². The van der Waals surface area contributed by atoms with E-state index in [1.54, 1.807) is 13.0 Å². The van der Waals surface area contributed by atoms with Gasteiger partial charge in [-0.25, -0.2) is 8.78 Å². The molecule has 0 aliphatic carbocycles. The Balaban J connectivity index is 0.00000312. The van der Waals surface area contributed by atoms with Crippen LogP contribution in [0, 0.1) is 6.92 Å². The van der Waals surface area contributed by atoms with Crippen LogP contribution >= 0.6 is 12.4 Å². The molecule has 1 aliphatic heterocycles. The van der Waals surface area contributed by atoms with Crippen LogP contribution in [0.3, 0.4) is 0 Å². The number of ether oxygens (including phenoxy) is 1. The number of halogens is 6. The van der Waals surface area contributed by atoms with Crippen LogP contribution in [0.4, 0.5) is 22.0 Å². The molecule has 0 bridgehead atoms. The van der Waals surface area contributed by atoms with Crippen molar-refractivity contribution in [1.82, 2.24) is 10.6 Å². The van der Waals surface area contributed by atoms with E-state index in [4.69, 9.17) is 4.74 Å². The predicted molar refractivity (Wildman–Crippen MR) is 83.2 cm³/mol. The highest BCUT2D eigenvalue weighted by Gasteiger charge is 2.42. The monoisotopic (exact) mass is 388 g/mol. The highest BCUT2D eigenvalue weighted by molar-refractivity contribution is 5.85. The average Bonchev–Trinajstić information content (AvgIpc) is 2.83. The van der Waals surface area contributed by atoms with Gasteiger partial charge < -0.3 is 10.1 Å². The van der Waals surface area contributed by atoms with E-state index in [1.807, 2.05) is 0 Å². The molecule has 1 heterocycles. The predicted octanol–water partition coefficient (Wildman–Crippen LogP) is 2.97. The van der Waals surface area contributed by atoms with Crippen molar-refractivity contribution in [2.24, 2.45) is 0 Å². The Hall–Kier alpha value is -1.61. The number of hydrogen-bond acceptors (Lipinski definition) is 3. The summed E-state index contributed by atoms with van der Waals surface area (Å²) in [4.78, 5) is 11.9. The minimum absolute atomic E-state index is 0. The lowest BCUT2D eigenvalue weighted by Crippen LogP contribution is -2.40. The van der Waals surface area contributed by atoms with Crippen molar-refractivity contribution in [3.8, 4) is 5.75 Å². The lowest BCUT2D eigenvalue weighted by molar-refractivity contribution is -0.153. The summed E-state index contributed by atoms with van der Waals surface area (Å²) in [6.45, 7) is -0.452. The first-order valence-electron chi connectivity index (χ1n) is 7.24. The van der Waals surface area contributed by atoms with Gasteiger partial charge in [0.05, 0.1) is 12.6 Å². The summed E-state index contributed by atoms with van der Waals surface area (Å²) >= 11 is 0. The molecule has 1 aromatic carbocycles. The number of hydrogen-bond donors (Lipinski definition) is 2. The Labute approximate surface area is 147 Å². The molecule has 25 heavy (non-hydrogen) atoms. The van der Waals surface area contributed by atoms with Gasteiger partial charge in [0.15, 0.2) is 6.61 Å². The van der Waals surface area contributed by atoms with Crippen molar-refractivity contribution in [3.63, 3.8) is 0 Å². The molecule has 1 saturated heterocycles. The van der Waals surface area contributed by atoms with Crippen LogP contribution in [0.1, 0.15) is 17.5 Å². The standard InChI is InChI=1S/C15H17F5N2O2.ClH/c1-9-2-3-10(12(4-9)24-8-15(18,19)20)6-21-13(23)11-5-14(16,17)7-22-11;/h2-4,11,22H,5-8H2,1H3,(H,21,23);1H. The number of aryl methyl sites for hydroxylation is 1. The Morgan fingerprint density at radius 2 is 2.08 bits per heavy atom. The maximum absolute atomic E-state index is 13.1. The first kappa shape index (κ1) is 21.4. The molecule has 0 aromatic heterocycles. The Kier molecular flexibility index (Phi) is 7.01. The number of carbonyl (C=O) groups excluding carboxylic acids is 1. The average molecular weight is 389 g/mol. The molecule has 4 nitrogen and oxygen atoms in total. The number of carbonyl (C=O) groups is 1. The van der Waals surface area contributed by atoms with Crippen molar-refractivity contribution in [2.45, 2.75) is 38.0 Å². The summed E-state index contributed by atoms with van der Waals surface area (Å²) in [5.41, 5.74) is 1.03. The van der Waals surface area contributed by atoms with E-state index in [2.05, 4.69) is 10.6 Å². The van der Waals surface area contributed by atoms with Gasteiger partial charge in [0, 0.05) is 18.5 Å². The molecule has 0 radical (unpaired) electrons. The number of benzene rings is 1. The van der Waals surface area contributed by atoms with Gasteiger partial charge in [-0.1, -0.05) is 12.1 Å². The van der Waals surface area contributed by atoms with Crippen molar-refractivity contribution >= 4 is 18.3 Å². The second-order valence-electron chi connectivity index (χ2n) is 5.73. The molecule has 142 valence electrons. The third-order valence-corrected chi connectivity index (χ3v) is 3.49. The Morgan fingerprint density at radius 3 is 2.64 bits per heavy atom. The molecule has 1 atom stereocenters. The van der Waals surface area contributed by atoms with Gasteiger partial charge >= 0.3 is 6.18 Å². The van der Waals surface area contributed by atoms with Gasteiger partial charge in [0.1, 0.15) is 5.75 Å². The zero-order valence-corrected chi connectivity index (χ0v) is 14.1. The van der Waals surface area contributed by atoms with Gasteiger partial charge in [-0.2, -0.15) is 13.2 Å². The van der Waals surface area contributed by atoms with E-state index < -0.39 is 43.6 Å². The fourth-order valence-electron chi connectivity index (χ4n) is 2.31. The molecule has 2 N–H and O–H groups in total. The molecular weight excluding hydrogens is 371 g/mol. The largest absolute Gasteiger partial charge is 0.484 e. The van der Waals surface area contributed by atoms with Crippen LogP contribution in [-0.2, 0) is 11.3 Å². The molecule has 1 fully saturated rings. The fraction of sp³-hybridized carbons (Fsp3) is 0.533. The van der Waals surface area contributed by atoms with Crippen molar-refractivity contribution in [2.75, 3.05) is 13.2 Å². The van der Waals surface area contributed by atoms with Gasteiger partial charge in [-0.05, 0) is 18.6 Å². The van der Waals surface area contributed by atoms with Crippen molar-refractivity contribution in [1.29, 1.82) is 0 Å². The highest BCUT2D eigenvalue weighted by Crippen LogP contribution is 2.26. The summed E-state index contributed by atoms with van der Waals surface area (Å²) in [6.07, 6.45) is -5.09. The highest BCUT2D eigenvalue weighted by atomic mass is 35.5. The van der Waals surface area contributed by atoms with Crippen molar-refractivity contribution in [3.05, 3.63) is 29.3 Å². The quantitative estimate of drug-likeness (QED) is 0.762. The van der Waals surface area contributed by atoms with Crippen LogP contribution in [0.25, 0.3) is 0 Å². The Bertz CT molecular complexity index is 610. The van der Waals surface area contributed by atoms with Crippen LogP contribution < -0.4 is 15.4 Å². The number of nitrogens with one attached hydrogen (secondary N) is 2. The summed E-state index contributed by atoms with van der Waals surface area (Å²) in [5.74, 6) is -3.57. The SMILES string of the molecule is Cc1ccc(CNC(=O)C2CC(F)(F)CN2)c(OCC(F)(F)F)c1.Cl. The summed E-state index contributed by atoms with van der Waals surface area (Å²) in [7, 11) is 0. The maximum Gasteiger partial charge on any atom is 0.422 e. The van der Waals surface area contributed by atoms with E-state index >= 15 is 0 Å². The van der Waals surface area contributed by atoms with E-state index in [0.29, 0.717) is 11.1 Å². The smallest absolute Gasteiger partial charge is 0.422 e. The van der Waals surface area contributed by atoms with E-state index in [9.17, 15) is 26.7 Å². The maximum atomic E-state index is 13.1. The van der Waals surface area contributed by atoms with Crippen molar-refractivity contribution < 1.29 is 31.5 Å². The van der Waals surface area contributed by atoms with E-state index in [1.165, 1.54) is 12.1 Å². The summed E-state index contributed by atoms with van der Waals surface area (Å²) in [6, 6.07) is 3.59. The normalized spacial score (nSPS) is 19.2. The van der Waals surface area contributed by atoms with Gasteiger partial charge in [-0.15, -0.1) is 12.4 Å². The molecular formula is C15H18ClF5N2O2. The van der Waals surface area contributed by atoms with Gasteiger partial charge in [-0.3, -0.25) is 10.1 Å². The molecule has 10 heteroatoms. The van der Waals surface area contributed by atoms with Crippen LogP contribution in [0.15, 0.2) is 18.2 Å². The zero-order valence-electron chi connectivity index (χ0n) is 13.3. The van der Waals surface area contributed by atoms with Crippen LogP contribution in [-0.4, -0.2) is 37.2 Å². The first-order valence-corrected chi connectivity index (χ1v) is 7.24. The van der Waals surface area contributed by atoms with Crippen LogP contribution in [0.2, 0.25) is 0 Å². The Morgan fingerprint density at radius 1 is 1.40 bits per heavy atom. The topological polar surface area (TPSA) is 50.4 Å². The molecule has 1 aliphatic rings. The number of rotatable bonds is 5. The number of alkyl halides is 5. The fourth-order valence-corrected chi connectivity index (χ4v) is 2.31.